The summed E-state index contributed by atoms with van der Waals surface area (Å²) in [6.45, 7) is 6.06. The third kappa shape index (κ3) is 1.98. The summed E-state index contributed by atoms with van der Waals surface area (Å²) in [4.78, 5) is 14.6. The Bertz CT molecular complexity index is 443. The Morgan fingerprint density at radius 3 is 2.75 bits per heavy atom. The van der Waals surface area contributed by atoms with E-state index >= 15 is 0 Å². The van der Waals surface area contributed by atoms with E-state index in [2.05, 4.69) is 24.1 Å². The van der Waals surface area contributed by atoms with Crippen LogP contribution in [0.5, 0.6) is 0 Å². The van der Waals surface area contributed by atoms with Gasteiger partial charge in [-0.15, -0.1) is 0 Å². The standard InChI is InChI=1S/C11H15N3O2/c1-7-4-8(14(15)16)10(12-6-7)13-9-5-11(9,2)3/h4,6,9H,5H2,1-3H3,(H,12,13). The van der Waals surface area contributed by atoms with Gasteiger partial charge in [-0.25, -0.2) is 4.98 Å². The molecule has 1 heterocycles. The summed E-state index contributed by atoms with van der Waals surface area (Å²) in [5.74, 6) is 0.381. The second-order valence-electron chi connectivity index (χ2n) is 5.03. The van der Waals surface area contributed by atoms with Crippen LogP contribution in [0.3, 0.4) is 0 Å². The quantitative estimate of drug-likeness (QED) is 0.629. The van der Waals surface area contributed by atoms with E-state index in [0.29, 0.717) is 11.9 Å². The van der Waals surface area contributed by atoms with Crippen molar-refractivity contribution in [3.8, 4) is 0 Å². The minimum atomic E-state index is -0.391. The third-order valence-electron chi connectivity index (χ3n) is 3.03. The van der Waals surface area contributed by atoms with Crippen molar-refractivity contribution in [2.75, 3.05) is 5.32 Å². The molecule has 1 unspecified atom stereocenters. The molecule has 0 radical (unpaired) electrons. The lowest BCUT2D eigenvalue weighted by molar-refractivity contribution is -0.384. The van der Waals surface area contributed by atoms with Crippen LogP contribution >= 0.6 is 0 Å². The van der Waals surface area contributed by atoms with Crippen molar-refractivity contribution >= 4 is 11.5 Å². The normalized spacial score (nSPS) is 21.6. The van der Waals surface area contributed by atoms with Crippen LogP contribution in [0, 0.1) is 22.5 Å². The summed E-state index contributed by atoms with van der Waals surface area (Å²) in [5.41, 5.74) is 1.08. The molecule has 5 heteroatoms. The van der Waals surface area contributed by atoms with Crippen LogP contribution in [0.25, 0.3) is 0 Å². The van der Waals surface area contributed by atoms with E-state index in [4.69, 9.17) is 0 Å². The fourth-order valence-electron chi connectivity index (χ4n) is 1.68. The first kappa shape index (κ1) is 10.9. The summed E-state index contributed by atoms with van der Waals surface area (Å²) in [6.07, 6.45) is 2.67. The number of aryl methyl sites for hydroxylation is 1. The molecule has 86 valence electrons. The molecule has 0 spiro atoms. The Morgan fingerprint density at radius 1 is 1.62 bits per heavy atom. The molecule has 1 saturated carbocycles. The summed E-state index contributed by atoms with van der Waals surface area (Å²) < 4.78 is 0. The monoisotopic (exact) mass is 221 g/mol. The Morgan fingerprint density at radius 2 is 2.25 bits per heavy atom. The second kappa shape index (κ2) is 3.43. The van der Waals surface area contributed by atoms with Crippen molar-refractivity contribution in [3.63, 3.8) is 0 Å². The lowest BCUT2D eigenvalue weighted by Crippen LogP contribution is -2.11. The van der Waals surface area contributed by atoms with Crippen molar-refractivity contribution in [1.82, 2.24) is 4.98 Å². The molecule has 1 aliphatic rings. The number of rotatable bonds is 3. The van der Waals surface area contributed by atoms with Crippen molar-refractivity contribution in [2.45, 2.75) is 33.2 Å². The Labute approximate surface area is 94.0 Å². The zero-order valence-corrected chi connectivity index (χ0v) is 9.65. The molecular formula is C11H15N3O2. The van der Waals surface area contributed by atoms with Gasteiger partial charge in [-0.2, -0.15) is 0 Å². The number of pyridine rings is 1. The van der Waals surface area contributed by atoms with Crippen LogP contribution in [-0.4, -0.2) is 15.9 Å². The van der Waals surface area contributed by atoms with Crippen LogP contribution in [-0.2, 0) is 0 Å². The molecule has 0 amide bonds. The molecular weight excluding hydrogens is 206 g/mol. The number of hydrogen-bond donors (Lipinski definition) is 1. The molecule has 1 atom stereocenters. The zero-order valence-electron chi connectivity index (χ0n) is 9.65. The smallest absolute Gasteiger partial charge is 0.311 e. The fraction of sp³-hybridized carbons (Fsp3) is 0.545. The van der Waals surface area contributed by atoms with Gasteiger partial charge in [0.05, 0.1) is 4.92 Å². The van der Waals surface area contributed by atoms with Gasteiger partial charge in [0.2, 0.25) is 5.82 Å². The highest BCUT2D eigenvalue weighted by atomic mass is 16.6. The number of anilines is 1. The maximum atomic E-state index is 10.9. The van der Waals surface area contributed by atoms with Gasteiger partial charge in [0.1, 0.15) is 0 Å². The molecule has 1 aromatic heterocycles. The molecule has 0 aromatic carbocycles. The maximum absolute atomic E-state index is 10.9. The Hall–Kier alpha value is -1.65. The lowest BCUT2D eigenvalue weighted by atomic mass is 10.2. The molecule has 1 aliphatic carbocycles. The van der Waals surface area contributed by atoms with Crippen LogP contribution in [0.2, 0.25) is 0 Å². The van der Waals surface area contributed by atoms with Crippen molar-refractivity contribution < 1.29 is 4.92 Å². The highest BCUT2D eigenvalue weighted by Crippen LogP contribution is 2.47. The van der Waals surface area contributed by atoms with E-state index in [1.54, 1.807) is 19.2 Å². The van der Waals surface area contributed by atoms with E-state index in [0.717, 1.165) is 12.0 Å². The van der Waals surface area contributed by atoms with Gasteiger partial charge >= 0.3 is 5.69 Å². The number of hydrogen-bond acceptors (Lipinski definition) is 4. The molecule has 0 bridgehead atoms. The van der Waals surface area contributed by atoms with E-state index in [1.165, 1.54) is 0 Å². The first-order valence-corrected chi connectivity index (χ1v) is 5.28. The SMILES string of the molecule is Cc1cnc(NC2CC2(C)C)c([N+](=O)[O-])c1. The fourth-order valence-corrected chi connectivity index (χ4v) is 1.68. The average molecular weight is 221 g/mol. The summed E-state index contributed by atoms with van der Waals surface area (Å²) >= 11 is 0. The summed E-state index contributed by atoms with van der Waals surface area (Å²) in [7, 11) is 0. The van der Waals surface area contributed by atoms with Crippen LogP contribution in [0.1, 0.15) is 25.8 Å². The summed E-state index contributed by atoms with van der Waals surface area (Å²) in [6, 6.07) is 1.84. The average Bonchev–Trinajstić information content (AvgIpc) is 2.76. The number of nitrogens with zero attached hydrogens (tertiary/aromatic N) is 2. The van der Waals surface area contributed by atoms with Gasteiger partial charge in [-0.1, -0.05) is 13.8 Å². The molecule has 1 N–H and O–H groups in total. The third-order valence-corrected chi connectivity index (χ3v) is 3.03. The first-order chi connectivity index (χ1) is 7.40. The first-order valence-electron chi connectivity index (χ1n) is 5.28. The molecule has 5 nitrogen and oxygen atoms in total. The van der Waals surface area contributed by atoms with E-state index in [9.17, 15) is 10.1 Å². The molecule has 16 heavy (non-hydrogen) atoms. The lowest BCUT2D eigenvalue weighted by Gasteiger charge is -2.07. The van der Waals surface area contributed by atoms with Gasteiger partial charge in [0.15, 0.2) is 0 Å². The van der Waals surface area contributed by atoms with Crippen molar-refractivity contribution in [3.05, 3.63) is 27.9 Å². The topological polar surface area (TPSA) is 68.1 Å². The van der Waals surface area contributed by atoms with Crippen molar-refractivity contribution in [2.24, 2.45) is 5.41 Å². The van der Waals surface area contributed by atoms with Gasteiger partial charge in [0.25, 0.3) is 0 Å². The number of nitro groups is 1. The van der Waals surface area contributed by atoms with Crippen LogP contribution < -0.4 is 5.32 Å². The highest BCUT2D eigenvalue weighted by Gasteiger charge is 2.46. The van der Waals surface area contributed by atoms with E-state index in [1.807, 2.05) is 0 Å². The number of nitrogens with one attached hydrogen (secondary N) is 1. The minimum Gasteiger partial charge on any atom is -0.361 e. The molecule has 0 saturated heterocycles. The minimum absolute atomic E-state index is 0.0581. The predicted molar refractivity (Wildman–Crippen MR) is 61.4 cm³/mol. The largest absolute Gasteiger partial charge is 0.361 e. The predicted octanol–water partition coefficient (Wildman–Crippen LogP) is 2.51. The zero-order chi connectivity index (χ0) is 11.9. The second-order valence-corrected chi connectivity index (χ2v) is 5.03. The highest BCUT2D eigenvalue weighted by molar-refractivity contribution is 5.58. The van der Waals surface area contributed by atoms with Crippen LogP contribution in [0.4, 0.5) is 11.5 Å². The van der Waals surface area contributed by atoms with Gasteiger partial charge in [0, 0.05) is 18.3 Å². The van der Waals surface area contributed by atoms with Crippen molar-refractivity contribution in [1.29, 1.82) is 0 Å². The van der Waals surface area contributed by atoms with Gasteiger partial charge in [-0.3, -0.25) is 10.1 Å². The Balaban J connectivity index is 2.24. The molecule has 1 aromatic rings. The molecule has 1 fully saturated rings. The molecule has 2 rings (SSSR count). The number of aromatic nitrogens is 1. The van der Waals surface area contributed by atoms with E-state index in [-0.39, 0.29) is 11.1 Å². The van der Waals surface area contributed by atoms with Gasteiger partial charge in [-0.05, 0) is 24.3 Å². The maximum Gasteiger partial charge on any atom is 0.311 e. The van der Waals surface area contributed by atoms with E-state index < -0.39 is 4.92 Å². The molecule has 0 aliphatic heterocycles. The van der Waals surface area contributed by atoms with Gasteiger partial charge < -0.3 is 5.32 Å². The Kier molecular flexibility index (Phi) is 2.33. The summed E-state index contributed by atoms with van der Waals surface area (Å²) in [5, 5.41) is 14.0. The van der Waals surface area contributed by atoms with Crippen LogP contribution in [0.15, 0.2) is 12.3 Å².